The number of hydrogen-bond acceptors (Lipinski definition) is 3. The van der Waals surface area contributed by atoms with Gasteiger partial charge in [0.15, 0.2) is 0 Å². The van der Waals surface area contributed by atoms with Gasteiger partial charge in [-0.1, -0.05) is 0 Å². The van der Waals surface area contributed by atoms with Crippen LogP contribution in [0.4, 0.5) is 0 Å². The Hall–Kier alpha value is -1.29. The van der Waals surface area contributed by atoms with E-state index in [1.807, 2.05) is 0 Å². The second-order valence-corrected chi connectivity index (χ2v) is 2.44. The predicted octanol–water partition coefficient (Wildman–Crippen LogP) is 0.611. The Balaban J connectivity index is 2.49. The Morgan fingerprint density at radius 3 is 3.08 bits per heavy atom. The van der Waals surface area contributed by atoms with Gasteiger partial charge in [0.2, 0.25) is 0 Å². The maximum Gasteiger partial charge on any atom is 0.308 e. The summed E-state index contributed by atoms with van der Waals surface area (Å²) < 4.78 is 4.41. The van der Waals surface area contributed by atoms with Gasteiger partial charge in [0, 0.05) is 12.4 Å². The van der Waals surface area contributed by atoms with Crippen LogP contribution in [-0.4, -0.2) is 23.2 Å². The van der Waals surface area contributed by atoms with Crippen LogP contribution in [0.25, 0.3) is 0 Å². The van der Waals surface area contributed by atoms with Crippen molar-refractivity contribution in [2.75, 3.05) is 7.11 Å². The smallest absolute Gasteiger partial charge is 0.308 e. The van der Waals surface area contributed by atoms with E-state index in [1.165, 1.54) is 7.11 Å². The van der Waals surface area contributed by atoms with E-state index < -0.39 is 12.1 Å². The van der Waals surface area contributed by atoms with Crippen molar-refractivity contribution in [2.24, 2.45) is 0 Å². The van der Waals surface area contributed by atoms with Gasteiger partial charge in [-0.05, 0) is 11.6 Å². The maximum atomic E-state index is 10.7. The summed E-state index contributed by atoms with van der Waals surface area (Å²) >= 11 is 0. The lowest BCUT2D eigenvalue weighted by molar-refractivity contribution is -0.142. The van der Waals surface area contributed by atoms with Gasteiger partial charge in [0.25, 0.3) is 0 Å². The number of aliphatic hydroxyl groups excluding tert-OH is 1. The Morgan fingerprint density at radius 1 is 1.83 bits per heavy atom. The third-order valence-corrected chi connectivity index (χ3v) is 1.59. The number of aromatic nitrogens is 1. The van der Waals surface area contributed by atoms with E-state index >= 15 is 0 Å². The molecule has 66 valence electrons. The molecule has 0 aliphatic rings. The quantitative estimate of drug-likeness (QED) is 0.652. The first-order valence-corrected chi connectivity index (χ1v) is 3.61. The number of nitrogens with one attached hydrogen (secondary N) is 1. The molecule has 0 amide bonds. The summed E-state index contributed by atoms with van der Waals surface area (Å²) in [5.74, 6) is -0.413. The summed E-state index contributed by atoms with van der Waals surface area (Å²) in [6.45, 7) is 0. The minimum atomic E-state index is -0.774. The summed E-state index contributed by atoms with van der Waals surface area (Å²) in [6.07, 6.45) is 2.56. The van der Waals surface area contributed by atoms with Gasteiger partial charge in [-0.15, -0.1) is 0 Å². The van der Waals surface area contributed by atoms with E-state index in [1.54, 1.807) is 18.5 Å². The van der Waals surface area contributed by atoms with Crippen LogP contribution in [0, 0.1) is 0 Å². The van der Waals surface area contributed by atoms with Crippen molar-refractivity contribution in [3.63, 3.8) is 0 Å². The van der Waals surface area contributed by atoms with Crippen LogP contribution in [-0.2, 0) is 9.53 Å². The molecule has 4 heteroatoms. The van der Waals surface area contributed by atoms with Crippen LogP contribution >= 0.6 is 0 Å². The number of hydrogen-bond donors (Lipinski definition) is 2. The molecule has 0 fully saturated rings. The average Bonchev–Trinajstić information content (AvgIpc) is 2.56. The van der Waals surface area contributed by atoms with E-state index in [-0.39, 0.29) is 6.42 Å². The Bertz CT molecular complexity index is 243. The van der Waals surface area contributed by atoms with Crippen molar-refractivity contribution in [3.8, 4) is 0 Å². The summed E-state index contributed by atoms with van der Waals surface area (Å²) in [5, 5.41) is 9.39. The van der Waals surface area contributed by atoms with Crippen LogP contribution in [0.5, 0.6) is 0 Å². The normalized spacial score (nSPS) is 12.5. The van der Waals surface area contributed by atoms with Gasteiger partial charge in [-0.25, -0.2) is 0 Å². The lowest BCUT2D eigenvalue weighted by atomic mass is 10.1. The first kappa shape index (κ1) is 8.80. The lowest BCUT2D eigenvalue weighted by Crippen LogP contribution is -2.07. The molecule has 0 aliphatic heterocycles. The molecule has 1 heterocycles. The summed E-state index contributed by atoms with van der Waals surface area (Å²) in [5.41, 5.74) is 0.695. The molecule has 2 N–H and O–H groups in total. The maximum absolute atomic E-state index is 10.7. The largest absolute Gasteiger partial charge is 0.469 e. The molecular formula is C8H11NO3. The molecule has 0 saturated heterocycles. The van der Waals surface area contributed by atoms with Crippen molar-refractivity contribution in [3.05, 3.63) is 24.0 Å². The zero-order valence-electron chi connectivity index (χ0n) is 6.78. The van der Waals surface area contributed by atoms with E-state index in [0.717, 1.165) is 0 Å². The van der Waals surface area contributed by atoms with Gasteiger partial charge in [0.1, 0.15) is 0 Å². The number of aromatic amines is 1. The number of aliphatic hydroxyl groups is 1. The fraction of sp³-hybridized carbons (Fsp3) is 0.375. The molecule has 0 radical (unpaired) electrons. The fourth-order valence-corrected chi connectivity index (χ4v) is 0.903. The van der Waals surface area contributed by atoms with Crippen LogP contribution in [0.1, 0.15) is 18.1 Å². The molecule has 0 bridgehead atoms. The SMILES string of the molecule is COC(=O)C[C@H](O)c1cc[nH]c1. The average molecular weight is 169 g/mol. The number of ether oxygens (including phenoxy) is 1. The molecule has 1 aromatic heterocycles. The van der Waals surface area contributed by atoms with Gasteiger partial charge < -0.3 is 14.8 Å². The highest BCUT2D eigenvalue weighted by atomic mass is 16.5. The standard InChI is InChI=1S/C8H11NO3/c1-12-8(11)4-7(10)6-2-3-9-5-6/h2-3,5,7,9-10H,4H2,1H3/t7-/m0/s1. The molecule has 1 rings (SSSR count). The molecule has 12 heavy (non-hydrogen) atoms. The number of esters is 1. The monoisotopic (exact) mass is 169 g/mol. The van der Waals surface area contributed by atoms with Crippen molar-refractivity contribution < 1.29 is 14.6 Å². The van der Waals surface area contributed by atoms with Crippen LogP contribution in [0.3, 0.4) is 0 Å². The highest BCUT2D eigenvalue weighted by molar-refractivity contribution is 5.69. The zero-order valence-corrected chi connectivity index (χ0v) is 6.78. The molecule has 0 aliphatic carbocycles. The Kier molecular flexibility index (Phi) is 2.88. The highest BCUT2D eigenvalue weighted by Crippen LogP contribution is 2.15. The Labute approximate surface area is 70.2 Å². The topological polar surface area (TPSA) is 62.3 Å². The summed E-state index contributed by atoms with van der Waals surface area (Å²) in [7, 11) is 1.30. The second kappa shape index (κ2) is 3.92. The minimum Gasteiger partial charge on any atom is -0.469 e. The zero-order chi connectivity index (χ0) is 8.97. The van der Waals surface area contributed by atoms with Gasteiger partial charge in [-0.2, -0.15) is 0 Å². The van der Waals surface area contributed by atoms with Gasteiger partial charge in [0.05, 0.1) is 19.6 Å². The van der Waals surface area contributed by atoms with Gasteiger partial charge in [-0.3, -0.25) is 4.79 Å². The van der Waals surface area contributed by atoms with E-state index in [2.05, 4.69) is 9.72 Å². The molecule has 0 saturated carbocycles. The lowest BCUT2D eigenvalue weighted by Gasteiger charge is -2.05. The predicted molar refractivity (Wildman–Crippen MR) is 42.4 cm³/mol. The first-order chi connectivity index (χ1) is 5.74. The van der Waals surface area contributed by atoms with Crippen molar-refractivity contribution in [1.29, 1.82) is 0 Å². The fourth-order valence-electron chi connectivity index (χ4n) is 0.903. The minimum absolute atomic E-state index is 0.00560. The molecule has 0 spiro atoms. The summed E-state index contributed by atoms with van der Waals surface area (Å²) in [4.78, 5) is 13.5. The van der Waals surface area contributed by atoms with E-state index in [9.17, 15) is 9.90 Å². The Morgan fingerprint density at radius 2 is 2.58 bits per heavy atom. The second-order valence-electron chi connectivity index (χ2n) is 2.44. The third-order valence-electron chi connectivity index (χ3n) is 1.59. The number of carbonyl (C=O) groups excluding carboxylic acids is 1. The van der Waals surface area contributed by atoms with Crippen molar-refractivity contribution in [2.45, 2.75) is 12.5 Å². The molecular weight excluding hydrogens is 158 g/mol. The van der Waals surface area contributed by atoms with E-state index in [4.69, 9.17) is 0 Å². The number of H-pyrrole nitrogens is 1. The van der Waals surface area contributed by atoms with Gasteiger partial charge >= 0.3 is 5.97 Å². The molecule has 1 aromatic rings. The van der Waals surface area contributed by atoms with Crippen LogP contribution < -0.4 is 0 Å². The number of carbonyl (C=O) groups is 1. The molecule has 0 unspecified atom stereocenters. The summed E-state index contributed by atoms with van der Waals surface area (Å²) in [6, 6.07) is 1.72. The van der Waals surface area contributed by atoms with E-state index in [0.29, 0.717) is 5.56 Å². The van der Waals surface area contributed by atoms with Crippen molar-refractivity contribution >= 4 is 5.97 Å². The molecule has 0 aromatic carbocycles. The molecule has 4 nitrogen and oxygen atoms in total. The number of rotatable bonds is 3. The van der Waals surface area contributed by atoms with Crippen LogP contribution in [0.2, 0.25) is 0 Å². The van der Waals surface area contributed by atoms with Crippen molar-refractivity contribution in [1.82, 2.24) is 4.98 Å². The van der Waals surface area contributed by atoms with Crippen LogP contribution in [0.15, 0.2) is 18.5 Å². The highest BCUT2D eigenvalue weighted by Gasteiger charge is 2.12. The molecule has 1 atom stereocenters. The first-order valence-electron chi connectivity index (χ1n) is 3.61. The number of methoxy groups -OCH3 is 1. The third kappa shape index (κ3) is 2.10.